The maximum Gasteiger partial charge on any atom is 0.518 e. The Hall–Kier alpha value is -3.46. The summed E-state index contributed by atoms with van der Waals surface area (Å²) >= 11 is 0. The lowest BCUT2D eigenvalue weighted by atomic mass is 9.90. The molecular formula is C24H20F3N3O2S. The van der Waals surface area contributed by atoms with Crippen molar-refractivity contribution >= 4 is 27.3 Å². The standard InChI is InChI=1S/C24H20F3N3O2S/c1-23(18-13-7-4-8-14-18)22(29-33(31,32)24(25,26)27)30(2)20-16-10-9-15-19(20)21(28-23)17-11-5-3-6-12-17/h3-16H,1-2H3/b29-22+. The lowest BCUT2D eigenvalue weighted by molar-refractivity contribution is -0.0435. The fourth-order valence-electron chi connectivity index (χ4n) is 3.83. The molecule has 5 nitrogen and oxygen atoms in total. The van der Waals surface area contributed by atoms with Crippen LogP contribution in [0, 0.1) is 0 Å². The molecule has 9 heteroatoms. The number of hydrogen-bond donors (Lipinski definition) is 0. The molecule has 4 rings (SSSR count). The van der Waals surface area contributed by atoms with Crippen molar-refractivity contribution in [3.63, 3.8) is 0 Å². The van der Waals surface area contributed by atoms with E-state index in [-0.39, 0.29) is 5.84 Å². The molecule has 33 heavy (non-hydrogen) atoms. The maximum atomic E-state index is 13.4. The minimum Gasteiger partial charge on any atom is -0.329 e. The molecule has 3 aromatic carbocycles. The summed E-state index contributed by atoms with van der Waals surface area (Å²) in [6.45, 7) is 1.57. The number of halogens is 3. The molecule has 0 saturated carbocycles. The summed E-state index contributed by atoms with van der Waals surface area (Å²) in [6.07, 6.45) is 0. The Morgan fingerprint density at radius 3 is 2.03 bits per heavy atom. The number of rotatable bonds is 3. The van der Waals surface area contributed by atoms with Gasteiger partial charge < -0.3 is 4.90 Å². The van der Waals surface area contributed by atoms with Gasteiger partial charge >= 0.3 is 15.5 Å². The number of nitrogens with zero attached hydrogens (tertiary/aromatic N) is 3. The van der Waals surface area contributed by atoms with Crippen molar-refractivity contribution in [1.29, 1.82) is 0 Å². The molecule has 1 aliphatic rings. The summed E-state index contributed by atoms with van der Waals surface area (Å²) in [4.78, 5) is 6.27. The van der Waals surface area contributed by atoms with Crippen molar-refractivity contribution in [1.82, 2.24) is 0 Å². The first-order valence-electron chi connectivity index (χ1n) is 10.0. The van der Waals surface area contributed by atoms with E-state index >= 15 is 0 Å². The second kappa shape index (κ2) is 8.15. The van der Waals surface area contributed by atoms with E-state index in [1.54, 1.807) is 61.5 Å². The van der Waals surface area contributed by atoms with Crippen LogP contribution >= 0.6 is 0 Å². The fraction of sp³-hybridized carbons (Fsp3) is 0.167. The van der Waals surface area contributed by atoms with Crippen LogP contribution in [0.2, 0.25) is 0 Å². The summed E-state index contributed by atoms with van der Waals surface area (Å²) < 4.78 is 67.7. The first-order valence-corrected chi connectivity index (χ1v) is 11.4. The number of benzodiazepines with no additional fused rings is 1. The third kappa shape index (κ3) is 4.04. The van der Waals surface area contributed by atoms with Gasteiger partial charge in [-0.15, -0.1) is 4.40 Å². The molecule has 0 bridgehead atoms. The van der Waals surface area contributed by atoms with Gasteiger partial charge in [-0.1, -0.05) is 78.9 Å². The van der Waals surface area contributed by atoms with Crippen molar-refractivity contribution in [3.8, 4) is 0 Å². The number of amidine groups is 1. The highest BCUT2D eigenvalue weighted by Crippen LogP contribution is 2.39. The molecule has 1 atom stereocenters. The Kier molecular flexibility index (Phi) is 5.61. The second-order valence-corrected chi connectivity index (χ2v) is 9.27. The van der Waals surface area contributed by atoms with Gasteiger partial charge in [-0.2, -0.15) is 21.6 Å². The number of alkyl halides is 3. The number of sulfonamides is 1. The number of para-hydroxylation sites is 1. The average molecular weight is 472 g/mol. The van der Waals surface area contributed by atoms with Crippen LogP contribution in [-0.4, -0.2) is 32.5 Å². The molecule has 0 radical (unpaired) electrons. The largest absolute Gasteiger partial charge is 0.518 e. The summed E-state index contributed by atoms with van der Waals surface area (Å²) in [5.41, 5.74) is -4.22. The molecule has 0 N–H and O–H groups in total. The van der Waals surface area contributed by atoms with E-state index < -0.39 is 21.1 Å². The Bertz CT molecular complexity index is 1340. The molecule has 0 spiro atoms. The third-order valence-corrected chi connectivity index (χ3v) is 6.49. The smallest absolute Gasteiger partial charge is 0.329 e. The van der Waals surface area contributed by atoms with Crippen molar-refractivity contribution < 1.29 is 21.6 Å². The van der Waals surface area contributed by atoms with Crippen molar-refractivity contribution in [3.05, 3.63) is 102 Å². The first-order chi connectivity index (χ1) is 15.5. The Morgan fingerprint density at radius 1 is 0.879 bits per heavy atom. The summed E-state index contributed by atoms with van der Waals surface area (Å²) in [5, 5.41) is 0. The number of hydrogen-bond acceptors (Lipinski definition) is 3. The minimum absolute atomic E-state index is 0.357. The SMILES string of the molecule is CN1/C(=N/S(=O)(=O)C(F)(F)F)C(C)(c2ccccc2)N=C(c2ccccc2)c2ccccc21. The van der Waals surface area contributed by atoms with E-state index in [0.29, 0.717) is 22.5 Å². The van der Waals surface area contributed by atoms with Gasteiger partial charge in [0.1, 0.15) is 5.54 Å². The molecule has 0 saturated heterocycles. The van der Waals surface area contributed by atoms with Crippen molar-refractivity contribution in [2.24, 2.45) is 9.39 Å². The van der Waals surface area contributed by atoms with Gasteiger partial charge in [-0.25, -0.2) is 0 Å². The van der Waals surface area contributed by atoms with Crippen LogP contribution in [0.4, 0.5) is 18.9 Å². The topological polar surface area (TPSA) is 62.1 Å². The normalized spacial score (nSPS) is 20.2. The lowest BCUT2D eigenvalue weighted by Crippen LogP contribution is -2.43. The molecule has 0 fully saturated rings. The highest BCUT2D eigenvalue weighted by atomic mass is 32.2. The highest BCUT2D eigenvalue weighted by molar-refractivity contribution is 7.91. The summed E-state index contributed by atoms with van der Waals surface area (Å²) in [5.74, 6) is -0.357. The summed E-state index contributed by atoms with van der Waals surface area (Å²) in [7, 11) is -4.34. The molecule has 1 heterocycles. The van der Waals surface area contributed by atoms with Gasteiger partial charge in [-0.05, 0) is 18.6 Å². The number of aliphatic imine (C=N–C) groups is 1. The van der Waals surface area contributed by atoms with E-state index in [0.717, 1.165) is 5.56 Å². The molecule has 0 aromatic heterocycles. The zero-order valence-electron chi connectivity index (χ0n) is 17.8. The monoisotopic (exact) mass is 471 g/mol. The van der Waals surface area contributed by atoms with Gasteiger partial charge in [0.05, 0.1) is 11.4 Å². The zero-order chi connectivity index (χ0) is 23.9. The molecule has 3 aromatic rings. The minimum atomic E-state index is -5.83. The van der Waals surface area contributed by atoms with E-state index in [4.69, 9.17) is 4.99 Å². The zero-order valence-corrected chi connectivity index (χ0v) is 18.6. The molecule has 1 unspecified atom stereocenters. The van der Waals surface area contributed by atoms with Crippen molar-refractivity contribution in [2.45, 2.75) is 18.0 Å². The second-order valence-electron chi connectivity index (χ2n) is 7.68. The van der Waals surface area contributed by atoms with Crippen LogP contribution in [0.1, 0.15) is 23.6 Å². The van der Waals surface area contributed by atoms with E-state index in [1.165, 1.54) is 11.9 Å². The predicted octanol–water partition coefficient (Wildman–Crippen LogP) is 5.14. The van der Waals surface area contributed by atoms with Crippen LogP contribution in [0.15, 0.2) is 94.3 Å². The third-order valence-electron chi connectivity index (χ3n) is 5.49. The Balaban J connectivity index is 2.12. The van der Waals surface area contributed by atoms with Gasteiger partial charge in [0.15, 0.2) is 5.84 Å². The number of fused-ring (bicyclic) bond motifs is 1. The van der Waals surface area contributed by atoms with Crippen LogP contribution in [0.3, 0.4) is 0 Å². The molecule has 1 aliphatic heterocycles. The van der Waals surface area contributed by atoms with Gasteiger partial charge in [0.25, 0.3) is 0 Å². The maximum absolute atomic E-state index is 13.4. The van der Waals surface area contributed by atoms with Gasteiger partial charge in [-0.3, -0.25) is 4.99 Å². The predicted molar refractivity (Wildman–Crippen MR) is 123 cm³/mol. The fourth-order valence-corrected chi connectivity index (χ4v) is 4.46. The number of anilines is 1. The molecule has 170 valence electrons. The van der Waals surface area contributed by atoms with E-state index in [1.807, 2.05) is 30.3 Å². The quantitative estimate of drug-likeness (QED) is 0.532. The van der Waals surface area contributed by atoms with Crippen LogP contribution in [0.5, 0.6) is 0 Å². The number of likely N-dealkylation sites (N-methyl/N-ethyl adjacent to an activating group) is 1. The molecule has 0 aliphatic carbocycles. The van der Waals surface area contributed by atoms with Crippen LogP contribution < -0.4 is 4.90 Å². The Labute approximate surface area is 190 Å². The van der Waals surface area contributed by atoms with Gasteiger partial charge in [0.2, 0.25) is 0 Å². The van der Waals surface area contributed by atoms with Crippen LogP contribution in [0.25, 0.3) is 0 Å². The Morgan fingerprint density at radius 2 is 1.42 bits per heavy atom. The average Bonchev–Trinajstić information content (AvgIpc) is 2.89. The van der Waals surface area contributed by atoms with Crippen LogP contribution in [-0.2, 0) is 15.6 Å². The summed E-state index contributed by atoms with van der Waals surface area (Å²) in [6, 6.07) is 24.8. The number of benzene rings is 3. The first kappa shape index (κ1) is 22.7. The van der Waals surface area contributed by atoms with Crippen molar-refractivity contribution in [2.75, 3.05) is 11.9 Å². The highest BCUT2D eigenvalue weighted by Gasteiger charge is 2.49. The van der Waals surface area contributed by atoms with Gasteiger partial charge in [0, 0.05) is 18.2 Å². The lowest BCUT2D eigenvalue weighted by Gasteiger charge is -2.32. The van der Waals surface area contributed by atoms with E-state index in [9.17, 15) is 21.6 Å². The molecule has 0 amide bonds. The molecular weight excluding hydrogens is 451 g/mol. The van der Waals surface area contributed by atoms with E-state index in [2.05, 4.69) is 4.40 Å².